The van der Waals surface area contributed by atoms with Crippen LogP contribution in [-0.2, 0) is 11.3 Å². The summed E-state index contributed by atoms with van der Waals surface area (Å²) in [6.45, 7) is 7.75. The molecule has 186 valence electrons. The molecule has 2 saturated heterocycles. The third-order valence-electron chi connectivity index (χ3n) is 6.32. The van der Waals surface area contributed by atoms with E-state index in [1.807, 2.05) is 24.0 Å². The number of aliphatic imine (C=N–C) groups is 1. The summed E-state index contributed by atoms with van der Waals surface area (Å²) in [4.78, 5) is 23.7. The number of carbonyl (C=O) groups excluding carboxylic acids is 1. The predicted molar refractivity (Wildman–Crippen MR) is 140 cm³/mol. The summed E-state index contributed by atoms with van der Waals surface area (Å²) in [7, 11) is 6.62. The second-order valence-corrected chi connectivity index (χ2v) is 8.17. The Morgan fingerprint density at radius 1 is 0.970 bits per heavy atom. The van der Waals surface area contributed by atoms with Crippen molar-refractivity contribution in [3.63, 3.8) is 0 Å². The number of rotatable bonds is 7. The summed E-state index contributed by atoms with van der Waals surface area (Å²) < 4.78 is 16.3. The lowest BCUT2D eigenvalue weighted by Gasteiger charge is -2.39. The van der Waals surface area contributed by atoms with Crippen molar-refractivity contribution in [1.82, 2.24) is 20.0 Å². The minimum Gasteiger partial charge on any atom is -0.493 e. The standard InChI is InChI=1S/C23H37N5O4.HI/c1-17(22(29)27-8-6-7-9-27)26-10-12-28(13-11-26)23(24-2)25-16-18-14-19(30-3)21(32-5)20(15-18)31-4;/h14-15,17H,6-13,16H2,1-5H3,(H,24,25);1H. The number of nitrogens with zero attached hydrogens (tertiary/aromatic N) is 4. The number of carbonyl (C=O) groups is 1. The molecule has 9 nitrogen and oxygen atoms in total. The highest BCUT2D eigenvalue weighted by Crippen LogP contribution is 2.38. The predicted octanol–water partition coefficient (Wildman–Crippen LogP) is 2.03. The second kappa shape index (κ2) is 13.1. The van der Waals surface area contributed by atoms with Crippen LogP contribution in [0.25, 0.3) is 0 Å². The molecule has 1 atom stereocenters. The van der Waals surface area contributed by atoms with Gasteiger partial charge in [0.15, 0.2) is 17.5 Å². The number of halogens is 1. The molecule has 2 fully saturated rings. The zero-order valence-corrected chi connectivity index (χ0v) is 22.8. The van der Waals surface area contributed by atoms with E-state index >= 15 is 0 Å². The van der Waals surface area contributed by atoms with Gasteiger partial charge in [0, 0.05) is 52.9 Å². The van der Waals surface area contributed by atoms with Crippen LogP contribution in [-0.4, -0.2) is 100 Å². The highest BCUT2D eigenvalue weighted by atomic mass is 127. The summed E-state index contributed by atoms with van der Waals surface area (Å²) in [5.41, 5.74) is 1.00. The fourth-order valence-electron chi connectivity index (χ4n) is 4.43. The summed E-state index contributed by atoms with van der Waals surface area (Å²) in [6, 6.07) is 3.81. The van der Waals surface area contributed by atoms with Gasteiger partial charge in [-0.3, -0.25) is 14.7 Å². The van der Waals surface area contributed by atoms with Crippen LogP contribution < -0.4 is 19.5 Å². The first-order valence-corrected chi connectivity index (χ1v) is 11.3. The Labute approximate surface area is 214 Å². The molecular formula is C23H38IN5O4. The highest BCUT2D eigenvalue weighted by molar-refractivity contribution is 14.0. The number of methoxy groups -OCH3 is 3. The van der Waals surface area contributed by atoms with Gasteiger partial charge in [-0.1, -0.05) is 0 Å². The summed E-state index contributed by atoms with van der Waals surface area (Å²) in [5.74, 6) is 2.95. The molecule has 0 aromatic heterocycles. The van der Waals surface area contributed by atoms with Crippen LogP contribution in [0.2, 0.25) is 0 Å². The quantitative estimate of drug-likeness (QED) is 0.303. The lowest BCUT2D eigenvalue weighted by Crippen LogP contribution is -2.57. The molecule has 2 aliphatic rings. The maximum atomic E-state index is 12.7. The van der Waals surface area contributed by atoms with Crippen LogP contribution in [0.1, 0.15) is 25.3 Å². The molecule has 1 N–H and O–H groups in total. The highest BCUT2D eigenvalue weighted by Gasteiger charge is 2.30. The van der Waals surface area contributed by atoms with Crippen molar-refractivity contribution in [2.45, 2.75) is 32.4 Å². The summed E-state index contributed by atoms with van der Waals surface area (Å²) in [5, 5.41) is 3.44. The molecule has 0 radical (unpaired) electrons. The minimum absolute atomic E-state index is 0. The van der Waals surface area contributed by atoms with Crippen molar-refractivity contribution in [3.8, 4) is 17.2 Å². The molecule has 2 heterocycles. The van der Waals surface area contributed by atoms with Gasteiger partial charge in [-0.2, -0.15) is 0 Å². The molecule has 3 rings (SSSR count). The van der Waals surface area contributed by atoms with E-state index in [0.29, 0.717) is 23.8 Å². The number of hydrogen-bond donors (Lipinski definition) is 1. The molecule has 10 heteroatoms. The Kier molecular flexibility index (Phi) is 10.8. The number of piperazine rings is 1. The van der Waals surface area contributed by atoms with Crippen LogP contribution >= 0.6 is 24.0 Å². The molecule has 0 bridgehead atoms. The van der Waals surface area contributed by atoms with Crippen molar-refractivity contribution in [2.75, 3.05) is 67.6 Å². The van der Waals surface area contributed by atoms with E-state index in [4.69, 9.17) is 14.2 Å². The lowest BCUT2D eigenvalue weighted by molar-refractivity contribution is -0.135. The number of amides is 1. The second-order valence-electron chi connectivity index (χ2n) is 8.17. The third-order valence-corrected chi connectivity index (χ3v) is 6.32. The normalized spacial score (nSPS) is 17.9. The Hall–Kier alpha value is -1.95. The van der Waals surface area contributed by atoms with Crippen LogP contribution in [0, 0.1) is 0 Å². The number of nitrogens with one attached hydrogen (secondary N) is 1. The number of hydrogen-bond acceptors (Lipinski definition) is 6. The van der Waals surface area contributed by atoms with Crippen LogP contribution in [0.15, 0.2) is 17.1 Å². The Bertz CT molecular complexity index is 783. The zero-order chi connectivity index (χ0) is 23.1. The molecule has 0 aliphatic carbocycles. The average molecular weight is 575 g/mol. The van der Waals surface area contributed by atoms with Crippen molar-refractivity contribution in [1.29, 1.82) is 0 Å². The minimum atomic E-state index is -0.0653. The zero-order valence-electron chi connectivity index (χ0n) is 20.4. The van der Waals surface area contributed by atoms with Gasteiger partial charge in [-0.25, -0.2) is 0 Å². The fourth-order valence-corrected chi connectivity index (χ4v) is 4.43. The van der Waals surface area contributed by atoms with E-state index in [-0.39, 0.29) is 35.9 Å². The molecule has 0 spiro atoms. The first kappa shape index (κ1) is 27.3. The third kappa shape index (κ3) is 6.56. The van der Waals surface area contributed by atoms with E-state index in [0.717, 1.165) is 63.6 Å². The number of benzene rings is 1. The van der Waals surface area contributed by atoms with Gasteiger partial charge in [-0.05, 0) is 37.5 Å². The topological polar surface area (TPSA) is 78.9 Å². The van der Waals surface area contributed by atoms with Crippen LogP contribution in [0.4, 0.5) is 0 Å². The Balaban J connectivity index is 0.00000385. The van der Waals surface area contributed by atoms with E-state index in [1.165, 1.54) is 0 Å². The van der Waals surface area contributed by atoms with E-state index in [9.17, 15) is 4.79 Å². The summed E-state index contributed by atoms with van der Waals surface area (Å²) >= 11 is 0. The van der Waals surface area contributed by atoms with Gasteiger partial charge in [0.2, 0.25) is 11.7 Å². The number of guanidine groups is 1. The Morgan fingerprint density at radius 3 is 2.03 bits per heavy atom. The van der Waals surface area contributed by atoms with Gasteiger partial charge in [0.1, 0.15) is 0 Å². The monoisotopic (exact) mass is 575 g/mol. The molecule has 0 saturated carbocycles. The molecule has 2 aliphatic heterocycles. The van der Waals surface area contributed by atoms with Gasteiger partial charge in [0.25, 0.3) is 0 Å². The van der Waals surface area contributed by atoms with Crippen molar-refractivity contribution >= 4 is 35.8 Å². The van der Waals surface area contributed by atoms with Crippen LogP contribution in [0.3, 0.4) is 0 Å². The van der Waals surface area contributed by atoms with E-state index < -0.39 is 0 Å². The maximum Gasteiger partial charge on any atom is 0.239 e. The molecular weight excluding hydrogens is 537 g/mol. The SMILES string of the molecule is CN=C(NCc1cc(OC)c(OC)c(OC)c1)N1CCN(C(C)C(=O)N2CCCC2)CC1.I. The van der Waals surface area contributed by atoms with Crippen molar-refractivity contribution < 1.29 is 19.0 Å². The first-order valence-electron chi connectivity index (χ1n) is 11.3. The maximum absolute atomic E-state index is 12.7. The van der Waals surface area contributed by atoms with Gasteiger partial charge in [-0.15, -0.1) is 24.0 Å². The van der Waals surface area contributed by atoms with Crippen molar-refractivity contribution in [2.24, 2.45) is 4.99 Å². The van der Waals surface area contributed by atoms with Gasteiger partial charge in [0.05, 0.1) is 27.4 Å². The molecule has 1 unspecified atom stereocenters. The Morgan fingerprint density at radius 2 is 1.55 bits per heavy atom. The largest absolute Gasteiger partial charge is 0.493 e. The van der Waals surface area contributed by atoms with Crippen molar-refractivity contribution in [3.05, 3.63) is 17.7 Å². The van der Waals surface area contributed by atoms with Gasteiger partial charge >= 0.3 is 0 Å². The summed E-state index contributed by atoms with van der Waals surface area (Å²) in [6.07, 6.45) is 2.25. The smallest absolute Gasteiger partial charge is 0.239 e. The van der Waals surface area contributed by atoms with E-state index in [1.54, 1.807) is 28.4 Å². The van der Waals surface area contributed by atoms with E-state index in [2.05, 4.69) is 20.1 Å². The molecule has 33 heavy (non-hydrogen) atoms. The van der Waals surface area contributed by atoms with Gasteiger partial charge < -0.3 is 29.3 Å². The molecule has 1 aromatic carbocycles. The lowest BCUT2D eigenvalue weighted by atomic mass is 10.1. The molecule has 1 aromatic rings. The first-order chi connectivity index (χ1) is 15.5. The van der Waals surface area contributed by atoms with Crippen LogP contribution in [0.5, 0.6) is 17.2 Å². The number of ether oxygens (including phenoxy) is 3. The average Bonchev–Trinajstić information content (AvgIpc) is 3.38. The molecule has 1 amide bonds. The fraction of sp³-hybridized carbons (Fsp3) is 0.652. The number of likely N-dealkylation sites (tertiary alicyclic amines) is 1.